The molecule has 0 amide bonds. The van der Waals surface area contributed by atoms with Gasteiger partial charge in [-0.05, 0) is 31.2 Å². The number of aromatic amines is 1. The van der Waals surface area contributed by atoms with E-state index >= 15 is 0 Å². The van der Waals surface area contributed by atoms with Gasteiger partial charge in [-0.3, -0.25) is 0 Å². The summed E-state index contributed by atoms with van der Waals surface area (Å²) in [6.07, 6.45) is 5.09. The first-order valence-corrected chi connectivity index (χ1v) is 4.17. The third kappa shape index (κ3) is 1.35. The minimum Gasteiger partial charge on any atom is -0.478 e. The smallest absolute Gasteiger partial charge is 0.337 e. The van der Waals surface area contributed by atoms with E-state index in [4.69, 9.17) is 5.11 Å². The second-order valence-electron chi connectivity index (χ2n) is 3.32. The zero-order valence-corrected chi connectivity index (χ0v) is 6.71. The second kappa shape index (κ2) is 2.66. The molecule has 3 nitrogen and oxygen atoms in total. The Hall–Kier alpha value is -1.25. The molecule has 0 aliphatic heterocycles. The second-order valence-corrected chi connectivity index (χ2v) is 3.32. The molecule has 1 heterocycles. The molecule has 64 valence electrons. The summed E-state index contributed by atoms with van der Waals surface area (Å²) in [7, 11) is 0. The Bertz CT molecular complexity index is 299. The first-order valence-electron chi connectivity index (χ1n) is 4.17. The Morgan fingerprint density at radius 1 is 1.67 bits per heavy atom. The number of hydrogen-bond donors (Lipinski definition) is 2. The van der Waals surface area contributed by atoms with Crippen molar-refractivity contribution in [1.29, 1.82) is 0 Å². The van der Waals surface area contributed by atoms with Gasteiger partial charge in [0.15, 0.2) is 0 Å². The molecule has 1 fully saturated rings. The van der Waals surface area contributed by atoms with Crippen molar-refractivity contribution in [3.63, 3.8) is 0 Å². The van der Waals surface area contributed by atoms with Gasteiger partial charge in [0, 0.05) is 11.9 Å². The van der Waals surface area contributed by atoms with E-state index in [1.165, 1.54) is 12.8 Å². The Morgan fingerprint density at radius 3 is 3.00 bits per heavy atom. The lowest BCUT2D eigenvalue weighted by molar-refractivity contribution is 0.0696. The van der Waals surface area contributed by atoms with Crippen LogP contribution in [0.25, 0.3) is 0 Å². The first kappa shape index (κ1) is 7.40. The zero-order chi connectivity index (χ0) is 8.55. The molecule has 12 heavy (non-hydrogen) atoms. The van der Waals surface area contributed by atoms with Crippen LogP contribution < -0.4 is 0 Å². The van der Waals surface area contributed by atoms with Crippen LogP contribution in [0.5, 0.6) is 0 Å². The van der Waals surface area contributed by atoms with E-state index in [1.807, 2.05) is 0 Å². The molecule has 0 aromatic carbocycles. The van der Waals surface area contributed by atoms with Gasteiger partial charge in [-0.15, -0.1) is 0 Å². The maximum atomic E-state index is 10.7. The van der Waals surface area contributed by atoms with Gasteiger partial charge < -0.3 is 10.1 Å². The molecule has 0 spiro atoms. The van der Waals surface area contributed by atoms with Crippen molar-refractivity contribution in [1.82, 2.24) is 4.98 Å². The third-order valence-corrected chi connectivity index (χ3v) is 2.25. The van der Waals surface area contributed by atoms with Crippen LogP contribution in [0.15, 0.2) is 12.3 Å². The molecule has 1 saturated carbocycles. The summed E-state index contributed by atoms with van der Waals surface area (Å²) in [5.41, 5.74) is 1.31. The topological polar surface area (TPSA) is 53.1 Å². The Labute approximate surface area is 70.4 Å². The summed E-state index contributed by atoms with van der Waals surface area (Å²) < 4.78 is 0. The number of aromatic nitrogens is 1. The molecule has 1 aromatic rings. The molecule has 0 radical (unpaired) electrons. The zero-order valence-electron chi connectivity index (χ0n) is 6.71. The van der Waals surface area contributed by atoms with Gasteiger partial charge in [0.05, 0.1) is 5.56 Å². The number of nitrogens with one attached hydrogen (secondary N) is 1. The summed E-state index contributed by atoms with van der Waals surface area (Å²) in [6, 6.07) is 1.63. The Morgan fingerprint density at radius 2 is 2.42 bits per heavy atom. The van der Waals surface area contributed by atoms with Crippen LogP contribution in [-0.4, -0.2) is 16.1 Å². The molecule has 0 atom stereocenters. The number of rotatable bonds is 3. The third-order valence-electron chi connectivity index (χ3n) is 2.25. The molecule has 0 saturated heterocycles. The number of carboxylic acids is 1. The fraction of sp³-hybridized carbons (Fsp3) is 0.444. The maximum Gasteiger partial charge on any atom is 0.337 e. The highest BCUT2D eigenvalue weighted by atomic mass is 16.4. The minimum absolute atomic E-state index is 0.432. The largest absolute Gasteiger partial charge is 0.478 e. The summed E-state index contributed by atoms with van der Waals surface area (Å²) in [4.78, 5) is 13.6. The fourth-order valence-electron chi connectivity index (χ4n) is 1.38. The SMILES string of the molecule is O=C(O)c1cc[nH]c1CC1CC1. The predicted molar refractivity (Wildman–Crippen MR) is 44.2 cm³/mol. The highest BCUT2D eigenvalue weighted by molar-refractivity contribution is 5.88. The molecule has 3 heteroatoms. The Kier molecular flexibility index (Phi) is 1.64. The van der Waals surface area contributed by atoms with Crippen molar-refractivity contribution in [2.45, 2.75) is 19.3 Å². The van der Waals surface area contributed by atoms with Crippen LogP contribution in [0.2, 0.25) is 0 Å². The van der Waals surface area contributed by atoms with Crippen LogP contribution in [-0.2, 0) is 6.42 Å². The predicted octanol–water partition coefficient (Wildman–Crippen LogP) is 1.67. The molecule has 1 aromatic heterocycles. The van der Waals surface area contributed by atoms with Gasteiger partial charge in [0.25, 0.3) is 0 Å². The van der Waals surface area contributed by atoms with Crippen molar-refractivity contribution in [3.05, 3.63) is 23.5 Å². The van der Waals surface area contributed by atoms with E-state index in [0.29, 0.717) is 5.56 Å². The first-order chi connectivity index (χ1) is 5.77. The summed E-state index contributed by atoms with van der Waals surface area (Å²) in [6.45, 7) is 0. The lowest BCUT2D eigenvalue weighted by atomic mass is 10.1. The Balaban J connectivity index is 2.17. The number of aromatic carboxylic acids is 1. The van der Waals surface area contributed by atoms with Gasteiger partial charge in [-0.1, -0.05) is 0 Å². The van der Waals surface area contributed by atoms with Crippen molar-refractivity contribution in [3.8, 4) is 0 Å². The molecule has 2 N–H and O–H groups in total. The summed E-state index contributed by atoms with van der Waals surface area (Å²) in [5.74, 6) is -0.103. The molecular formula is C9H11NO2. The molecule has 2 rings (SSSR count). The minimum atomic E-state index is -0.827. The summed E-state index contributed by atoms with van der Waals surface area (Å²) in [5, 5.41) is 8.77. The average molecular weight is 165 g/mol. The van der Waals surface area contributed by atoms with E-state index in [0.717, 1.165) is 18.0 Å². The molecule has 1 aliphatic rings. The molecule has 1 aliphatic carbocycles. The lowest BCUT2D eigenvalue weighted by Gasteiger charge is -1.96. The van der Waals surface area contributed by atoms with Crippen molar-refractivity contribution >= 4 is 5.97 Å². The van der Waals surface area contributed by atoms with Crippen LogP contribution >= 0.6 is 0 Å². The van der Waals surface area contributed by atoms with Gasteiger partial charge in [-0.25, -0.2) is 4.79 Å². The van der Waals surface area contributed by atoms with Crippen LogP contribution in [0.4, 0.5) is 0 Å². The van der Waals surface area contributed by atoms with Crippen molar-refractivity contribution in [2.24, 2.45) is 5.92 Å². The number of carbonyl (C=O) groups is 1. The molecular weight excluding hydrogens is 154 g/mol. The fourth-order valence-corrected chi connectivity index (χ4v) is 1.38. The monoisotopic (exact) mass is 165 g/mol. The standard InChI is InChI=1S/C9H11NO2/c11-9(12)7-3-4-10-8(7)5-6-1-2-6/h3-4,6,10H,1-2,5H2,(H,11,12). The lowest BCUT2D eigenvalue weighted by Crippen LogP contribution is -2.00. The van der Waals surface area contributed by atoms with Crippen LogP contribution in [0.3, 0.4) is 0 Å². The molecule has 0 unspecified atom stereocenters. The van der Waals surface area contributed by atoms with E-state index < -0.39 is 5.97 Å². The summed E-state index contributed by atoms with van der Waals surface area (Å²) >= 11 is 0. The van der Waals surface area contributed by atoms with E-state index in [-0.39, 0.29) is 0 Å². The van der Waals surface area contributed by atoms with Gasteiger partial charge >= 0.3 is 5.97 Å². The maximum absolute atomic E-state index is 10.7. The van der Waals surface area contributed by atoms with E-state index in [2.05, 4.69) is 4.98 Å². The van der Waals surface area contributed by atoms with Crippen molar-refractivity contribution < 1.29 is 9.90 Å². The number of carboxylic acid groups (broad SMARTS) is 1. The normalized spacial score (nSPS) is 16.3. The number of hydrogen-bond acceptors (Lipinski definition) is 1. The average Bonchev–Trinajstić information content (AvgIpc) is 2.66. The van der Waals surface area contributed by atoms with Gasteiger partial charge in [0.2, 0.25) is 0 Å². The van der Waals surface area contributed by atoms with Crippen LogP contribution in [0, 0.1) is 5.92 Å². The quantitative estimate of drug-likeness (QED) is 0.715. The van der Waals surface area contributed by atoms with E-state index in [9.17, 15) is 4.79 Å². The van der Waals surface area contributed by atoms with Gasteiger partial charge in [-0.2, -0.15) is 0 Å². The molecule has 0 bridgehead atoms. The van der Waals surface area contributed by atoms with Crippen molar-refractivity contribution in [2.75, 3.05) is 0 Å². The van der Waals surface area contributed by atoms with Gasteiger partial charge in [0.1, 0.15) is 0 Å². The highest BCUT2D eigenvalue weighted by Gasteiger charge is 2.24. The van der Waals surface area contributed by atoms with E-state index in [1.54, 1.807) is 12.3 Å². The van der Waals surface area contributed by atoms with Crippen LogP contribution in [0.1, 0.15) is 28.9 Å². The number of H-pyrrole nitrogens is 1. The highest BCUT2D eigenvalue weighted by Crippen LogP contribution is 2.32.